The van der Waals surface area contributed by atoms with E-state index >= 15 is 0 Å². The summed E-state index contributed by atoms with van der Waals surface area (Å²) in [5.74, 6) is -2.89. The smallest absolute Gasteiger partial charge is 0.266 e. The van der Waals surface area contributed by atoms with Crippen LogP contribution < -0.4 is 0 Å². The molecule has 6 heteroatoms. The van der Waals surface area contributed by atoms with Gasteiger partial charge >= 0.3 is 0 Å². The van der Waals surface area contributed by atoms with Crippen molar-refractivity contribution in [1.82, 2.24) is 0 Å². The molecular formula is C12H16F2O3S. The van der Waals surface area contributed by atoms with E-state index in [1.165, 1.54) is 19.1 Å². The molecule has 0 aliphatic carbocycles. The maximum absolute atomic E-state index is 12.9. The number of alkyl halides is 2. The van der Waals surface area contributed by atoms with Crippen LogP contribution in [0.1, 0.15) is 25.3 Å². The molecule has 0 atom stereocenters. The zero-order valence-corrected chi connectivity index (χ0v) is 11.1. The Balaban J connectivity index is 2.63. The number of rotatable bonds is 6. The Kier molecular flexibility index (Phi) is 4.81. The molecule has 0 heterocycles. The lowest BCUT2D eigenvalue weighted by Crippen LogP contribution is -2.19. The van der Waals surface area contributed by atoms with E-state index in [-0.39, 0.29) is 11.3 Å². The van der Waals surface area contributed by atoms with Crippen molar-refractivity contribution in [2.24, 2.45) is 0 Å². The molecule has 0 amide bonds. The van der Waals surface area contributed by atoms with Gasteiger partial charge in [0.05, 0.1) is 11.5 Å². The van der Waals surface area contributed by atoms with Crippen molar-refractivity contribution in [2.45, 2.75) is 37.5 Å². The van der Waals surface area contributed by atoms with Crippen LogP contribution in [-0.4, -0.2) is 20.9 Å². The summed E-state index contributed by atoms with van der Waals surface area (Å²) in [4.78, 5) is -0.0204. The third-order valence-electron chi connectivity index (χ3n) is 2.53. The Morgan fingerprint density at radius 2 is 1.78 bits per heavy atom. The van der Waals surface area contributed by atoms with E-state index < -0.39 is 29.1 Å². The highest BCUT2D eigenvalue weighted by molar-refractivity contribution is 7.86. The molecule has 0 saturated carbocycles. The summed E-state index contributed by atoms with van der Waals surface area (Å²) >= 11 is 0. The largest absolute Gasteiger partial charge is 0.296 e. The van der Waals surface area contributed by atoms with Crippen LogP contribution >= 0.6 is 0 Å². The third-order valence-corrected chi connectivity index (χ3v) is 3.86. The van der Waals surface area contributed by atoms with Gasteiger partial charge in [0.25, 0.3) is 10.1 Å². The van der Waals surface area contributed by atoms with Gasteiger partial charge in [0.15, 0.2) is 0 Å². The number of halogens is 2. The summed E-state index contributed by atoms with van der Waals surface area (Å²) in [6, 6.07) is 6.03. The lowest BCUT2D eigenvalue weighted by atomic mass is 10.2. The summed E-state index contributed by atoms with van der Waals surface area (Å²) in [5, 5.41) is 0. The first kappa shape index (κ1) is 15.0. The van der Waals surface area contributed by atoms with Crippen LogP contribution in [0.4, 0.5) is 8.78 Å². The standard InChI is InChI=1S/C12H16F2O3S/c1-3-12(13,14)8-9-17-18(15,16)11-6-4-10(2)5-7-11/h4-7H,3,8-9H2,1-2H3. The van der Waals surface area contributed by atoms with Crippen LogP contribution in [0.25, 0.3) is 0 Å². The minimum absolute atomic E-state index is 0.0204. The Hall–Kier alpha value is -1.01. The van der Waals surface area contributed by atoms with E-state index in [4.69, 9.17) is 0 Å². The maximum atomic E-state index is 12.9. The normalized spacial score (nSPS) is 12.7. The zero-order chi connectivity index (χ0) is 13.8. The molecule has 1 rings (SSSR count). The van der Waals surface area contributed by atoms with Gasteiger partial charge in [-0.05, 0) is 19.1 Å². The van der Waals surface area contributed by atoms with Crippen LogP contribution in [0.3, 0.4) is 0 Å². The maximum Gasteiger partial charge on any atom is 0.296 e. The van der Waals surface area contributed by atoms with Gasteiger partial charge in [-0.15, -0.1) is 0 Å². The molecule has 1 aromatic rings. The SMILES string of the molecule is CCC(F)(F)CCOS(=O)(=O)c1ccc(C)cc1. The van der Waals surface area contributed by atoms with Crippen LogP contribution in [-0.2, 0) is 14.3 Å². The van der Waals surface area contributed by atoms with E-state index in [0.717, 1.165) is 5.56 Å². The second-order valence-corrected chi connectivity index (χ2v) is 5.66. The molecule has 0 aliphatic rings. The van der Waals surface area contributed by atoms with Crippen molar-refractivity contribution < 1.29 is 21.4 Å². The summed E-state index contributed by atoms with van der Waals surface area (Å²) in [6.45, 7) is 2.64. The first-order valence-electron chi connectivity index (χ1n) is 5.61. The number of aryl methyl sites for hydroxylation is 1. The van der Waals surface area contributed by atoms with Crippen LogP contribution in [0.2, 0.25) is 0 Å². The van der Waals surface area contributed by atoms with Gasteiger partial charge < -0.3 is 0 Å². The quantitative estimate of drug-likeness (QED) is 0.751. The fourth-order valence-corrected chi connectivity index (χ4v) is 2.16. The van der Waals surface area contributed by atoms with Gasteiger partial charge in [-0.2, -0.15) is 8.42 Å². The Morgan fingerprint density at radius 3 is 2.28 bits per heavy atom. The number of hydrogen-bond donors (Lipinski definition) is 0. The molecule has 1 aromatic carbocycles. The van der Waals surface area contributed by atoms with Crippen LogP contribution in [0, 0.1) is 6.92 Å². The predicted octanol–water partition coefficient (Wildman–Crippen LogP) is 3.14. The third kappa shape index (κ3) is 4.34. The van der Waals surface area contributed by atoms with E-state index in [1.807, 2.05) is 6.92 Å². The van der Waals surface area contributed by atoms with E-state index in [2.05, 4.69) is 4.18 Å². The predicted molar refractivity (Wildman–Crippen MR) is 64.2 cm³/mol. The highest BCUT2D eigenvalue weighted by atomic mass is 32.2. The molecular weight excluding hydrogens is 262 g/mol. The Labute approximate surface area is 106 Å². The molecule has 0 unspecified atom stereocenters. The minimum atomic E-state index is -3.94. The first-order chi connectivity index (χ1) is 8.27. The van der Waals surface area contributed by atoms with Crippen molar-refractivity contribution in [3.05, 3.63) is 29.8 Å². The van der Waals surface area contributed by atoms with Gasteiger partial charge in [-0.25, -0.2) is 8.78 Å². The fourth-order valence-electron chi connectivity index (χ4n) is 1.25. The first-order valence-corrected chi connectivity index (χ1v) is 7.01. The molecule has 0 aliphatic heterocycles. The molecule has 102 valence electrons. The molecule has 0 N–H and O–H groups in total. The molecule has 0 bridgehead atoms. The van der Waals surface area contributed by atoms with Crippen molar-refractivity contribution in [2.75, 3.05) is 6.61 Å². The average molecular weight is 278 g/mol. The lowest BCUT2D eigenvalue weighted by Gasteiger charge is -2.13. The fraction of sp³-hybridized carbons (Fsp3) is 0.500. The second kappa shape index (κ2) is 5.75. The monoisotopic (exact) mass is 278 g/mol. The number of hydrogen-bond acceptors (Lipinski definition) is 3. The van der Waals surface area contributed by atoms with Crippen molar-refractivity contribution in [3.63, 3.8) is 0 Å². The topological polar surface area (TPSA) is 43.4 Å². The van der Waals surface area contributed by atoms with Crippen LogP contribution in [0.15, 0.2) is 29.2 Å². The molecule has 0 fully saturated rings. The Morgan fingerprint density at radius 1 is 1.22 bits per heavy atom. The summed E-state index contributed by atoms with van der Waals surface area (Å²) in [5.41, 5.74) is 0.909. The van der Waals surface area contributed by atoms with E-state index in [0.29, 0.717) is 0 Å². The molecule has 0 spiro atoms. The summed E-state index contributed by atoms with van der Waals surface area (Å²) < 4.78 is 53.7. The highest BCUT2D eigenvalue weighted by Crippen LogP contribution is 2.23. The summed E-state index contributed by atoms with van der Waals surface area (Å²) in [7, 11) is -3.94. The molecule has 0 radical (unpaired) electrons. The van der Waals surface area contributed by atoms with Gasteiger partial charge in [-0.3, -0.25) is 4.18 Å². The average Bonchev–Trinajstić information content (AvgIpc) is 2.29. The van der Waals surface area contributed by atoms with Crippen molar-refractivity contribution >= 4 is 10.1 Å². The van der Waals surface area contributed by atoms with E-state index in [1.54, 1.807) is 12.1 Å². The summed E-state index contributed by atoms with van der Waals surface area (Å²) in [6.07, 6.45) is -0.935. The van der Waals surface area contributed by atoms with Crippen molar-refractivity contribution in [3.8, 4) is 0 Å². The van der Waals surface area contributed by atoms with Gasteiger partial charge in [0.2, 0.25) is 5.92 Å². The molecule has 0 saturated heterocycles. The zero-order valence-electron chi connectivity index (χ0n) is 10.3. The van der Waals surface area contributed by atoms with Gasteiger partial charge in [-0.1, -0.05) is 24.6 Å². The van der Waals surface area contributed by atoms with Gasteiger partial charge in [0, 0.05) is 12.8 Å². The van der Waals surface area contributed by atoms with Crippen molar-refractivity contribution in [1.29, 1.82) is 0 Å². The molecule has 18 heavy (non-hydrogen) atoms. The molecule has 3 nitrogen and oxygen atoms in total. The minimum Gasteiger partial charge on any atom is -0.266 e. The van der Waals surface area contributed by atoms with E-state index in [9.17, 15) is 17.2 Å². The lowest BCUT2D eigenvalue weighted by molar-refractivity contribution is -0.0211. The molecule has 0 aromatic heterocycles. The Bertz CT molecular complexity index is 481. The highest BCUT2D eigenvalue weighted by Gasteiger charge is 2.27. The van der Waals surface area contributed by atoms with Gasteiger partial charge in [0.1, 0.15) is 0 Å². The second-order valence-electron chi connectivity index (χ2n) is 4.05. The van der Waals surface area contributed by atoms with Crippen LogP contribution in [0.5, 0.6) is 0 Å². The number of benzene rings is 1.